The molecular formula is C22H19N5O6S. The van der Waals surface area contributed by atoms with Crippen molar-refractivity contribution in [3.05, 3.63) is 72.6 Å². The molecule has 1 aliphatic heterocycles. The van der Waals surface area contributed by atoms with E-state index in [9.17, 15) is 29.8 Å². The molecule has 2 aromatic carbocycles. The summed E-state index contributed by atoms with van der Waals surface area (Å²) in [5.41, 5.74) is 1.11. The second kappa shape index (κ2) is 7.99. The molecule has 1 aromatic heterocycles. The Morgan fingerprint density at radius 3 is 2.50 bits per heavy atom. The van der Waals surface area contributed by atoms with Gasteiger partial charge in [-0.1, -0.05) is 6.07 Å². The quantitative estimate of drug-likeness (QED) is 0.418. The average molecular weight is 481 g/mol. The lowest BCUT2D eigenvalue weighted by atomic mass is 9.85. The molecule has 0 aliphatic carbocycles. The number of nitro groups is 2. The summed E-state index contributed by atoms with van der Waals surface area (Å²) < 4.78 is 0. The van der Waals surface area contributed by atoms with Gasteiger partial charge in [-0.25, -0.2) is 4.98 Å². The number of likely N-dealkylation sites (N-methyl/N-ethyl adjacent to an activating group) is 1. The lowest BCUT2D eigenvalue weighted by molar-refractivity contribution is -0.394. The highest BCUT2D eigenvalue weighted by Gasteiger charge is 2.42. The Hall–Kier alpha value is -4.19. The zero-order chi connectivity index (χ0) is 24.9. The molecule has 0 unspecified atom stereocenters. The van der Waals surface area contributed by atoms with Gasteiger partial charge in [-0.15, -0.1) is 11.3 Å². The third-order valence-electron chi connectivity index (χ3n) is 5.91. The Morgan fingerprint density at radius 1 is 1.15 bits per heavy atom. The number of carbonyl (C=O) groups is 2. The molecule has 0 saturated heterocycles. The van der Waals surface area contributed by atoms with Gasteiger partial charge in [0.15, 0.2) is 5.13 Å². The molecule has 0 atom stereocenters. The molecular weight excluding hydrogens is 462 g/mol. The Balaban J connectivity index is 1.64. The van der Waals surface area contributed by atoms with Crippen LogP contribution in [0.4, 0.5) is 22.2 Å². The smallest absolute Gasteiger partial charge is 0.279 e. The number of nitrogens with one attached hydrogen (secondary N) is 1. The van der Waals surface area contributed by atoms with Gasteiger partial charge in [0.2, 0.25) is 5.91 Å². The van der Waals surface area contributed by atoms with Crippen LogP contribution in [0.2, 0.25) is 0 Å². The first-order chi connectivity index (χ1) is 15.9. The lowest BCUT2D eigenvalue weighted by Crippen LogP contribution is -2.33. The van der Waals surface area contributed by atoms with Crippen LogP contribution in [0.5, 0.6) is 0 Å². The second-order valence-electron chi connectivity index (χ2n) is 8.36. The molecule has 0 saturated carbocycles. The summed E-state index contributed by atoms with van der Waals surface area (Å²) in [7, 11) is 1.73. The third-order valence-corrected chi connectivity index (χ3v) is 6.67. The maximum absolute atomic E-state index is 12.8. The first kappa shape index (κ1) is 23.0. The van der Waals surface area contributed by atoms with Crippen molar-refractivity contribution in [2.24, 2.45) is 0 Å². The van der Waals surface area contributed by atoms with Crippen LogP contribution in [0, 0.1) is 27.2 Å². The van der Waals surface area contributed by atoms with Gasteiger partial charge in [-0.05, 0) is 38.5 Å². The van der Waals surface area contributed by atoms with Crippen LogP contribution in [-0.2, 0) is 10.2 Å². The van der Waals surface area contributed by atoms with Gasteiger partial charge in [0.05, 0.1) is 32.6 Å². The van der Waals surface area contributed by atoms with E-state index in [4.69, 9.17) is 0 Å². The molecule has 174 valence electrons. The number of aromatic nitrogens is 1. The minimum atomic E-state index is -0.789. The number of nitrogens with zero attached hydrogens (tertiary/aromatic N) is 4. The van der Waals surface area contributed by atoms with Gasteiger partial charge in [-0.3, -0.25) is 35.1 Å². The SMILES string of the molecule is Cc1c(C(=O)Nc2nc(-c3ccc4c(c3)C(C)(C)C(=O)N4C)cs2)cc([N+](=O)[O-])cc1[N+](=O)[O-]. The largest absolute Gasteiger partial charge is 0.314 e. The zero-order valence-corrected chi connectivity index (χ0v) is 19.4. The number of carbonyl (C=O) groups excluding carboxylic acids is 2. The standard InChI is InChI=1S/C22H19N5O6S/c1-11-14(8-13(26(30)31)9-18(11)27(32)33)19(28)24-21-23-16(10-34-21)12-5-6-17-15(7-12)22(2,3)20(29)25(17)4/h5-10H,1-4H3,(H,23,24,28). The summed E-state index contributed by atoms with van der Waals surface area (Å²) in [4.78, 5) is 52.3. The highest BCUT2D eigenvalue weighted by atomic mass is 32.1. The maximum atomic E-state index is 12.8. The Bertz CT molecular complexity index is 1400. The number of anilines is 2. The van der Waals surface area contributed by atoms with E-state index < -0.39 is 32.5 Å². The summed E-state index contributed by atoms with van der Waals surface area (Å²) in [6.45, 7) is 5.07. The molecule has 12 heteroatoms. The molecule has 1 N–H and O–H groups in total. The number of non-ortho nitro benzene ring substituents is 1. The number of nitro benzene ring substituents is 2. The number of amides is 2. The van der Waals surface area contributed by atoms with Gasteiger partial charge in [0.1, 0.15) is 0 Å². The van der Waals surface area contributed by atoms with Crippen LogP contribution < -0.4 is 10.2 Å². The van der Waals surface area contributed by atoms with Crippen LogP contribution >= 0.6 is 11.3 Å². The Kier molecular flexibility index (Phi) is 5.40. The number of hydrogen-bond acceptors (Lipinski definition) is 8. The van der Waals surface area contributed by atoms with E-state index >= 15 is 0 Å². The van der Waals surface area contributed by atoms with E-state index in [-0.39, 0.29) is 22.2 Å². The van der Waals surface area contributed by atoms with Crippen molar-refractivity contribution in [1.29, 1.82) is 0 Å². The lowest BCUT2D eigenvalue weighted by Gasteiger charge is -2.16. The molecule has 4 rings (SSSR count). The predicted octanol–water partition coefficient (Wildman–Crippen LogP) is 4.44. The summed E-state index contributed by atoms with van der Waals surface area (Å²) in [5, 5.41) is 27.0. The molecule has 3 aromatic rings. The van der Waals surface area contributed by atoms with Crippen molar-refractivity contribution < 1.29 is 19.4 Å². The summed E-state index contributed by atoms with van der Waals surface area (Å²) in [6.07, 6.45) is 0. The Labute approximate surface area is 197 Å². The molecule has 0 spiro atoms. The van der Waals surface area contributed by atoms with Gasteiger partial charge >= 0.3 is 0 Å². The average Bonchev–Trinajstić information content (AvgIpc) is 3.31. The van der Waals surface area contributed by atoms with E-state index in [1.807, 2.05) is 32.0 Å². The second-order valence-corrected chi connectivity index (χ2v) is 9.22. The minimum Gasteiger partial charge on any atom is -0.314 e. The summed E-state index contributed by atoms with van der Waals surface area (Å²) in [6, 6.07) is 7.40. The highest BCUT2D eigenvalue weighted by molar-refractivity contribution is 7.14. The van der Waals surface area contributed by atoms with Crippen molar-refractivity contribution >= 4 is 45.3 Å². The van der Waals surface area contributed by atoms with E-state index in [1.54, 1.807) is 17.3 Å². The van der Waals surface area contributed by atoms with E-state index in [1.165, 1.54) is 6.92 Å². The van der Waals surface area contributed by atoms with Crippen LogP contribution in [0.25, 0.3) is 11.3 Å². The number of rotatable bonds is 5. The molecule has 0 radical (unpaired) electrons. The van der Waals surface area contributed by atoms with Crippen molar-refractivity contribution in [3.8, 4) is 11.3 Å². The predicted molar refractivity (Wildman–Crippen MR) is 126 cm³/mol. The summed E-state index contributed by atoms with van der Waals surface area (Å²) >= 11 is 1.14. The van der Waals surface area contributed by atoms with Gasteiger partial charge in [0.25, 0.3) is 17.3 Å². The molecule has 2 heterocycles. The topological polar surface area (TPSA) is 149 Å². The monoisotopic (exact) mass is 481 g/mol. The number of benzene rings is 2. The summed E-state index contributed by atoms with van der Waals surface area (Å²) in [5.74, 6) is -0.750. The first-order valence-corrected chi connectivity index (χ1v) is 10.9. The maximum Gasteiger partial charge on any atom is 0.279 e. The zero-order valence-electron chi connectivity index (χ0n) is 18.6. The van der Waals surface area contributed by atoms with Crippen molar-refractivity contribution in [3.63, 3.8) is 0 Å². The van der Waals surface area contributed by atoms with Gasteiger partial charge in [0, 0.05) is 35.3 Å². The minimum absolute atomic E-state index is 0.00713. The van der Waals surface area contributed by atoms with E-state index in [2.05, 4.69) is 10.3 Å². The molecule has 0 bridgehead atoms. The fourth-order valence-electron chi connectivity index (χ4n) is 3.98. The molecule has 1 aliphatic rings. The van der Waals surface area contributed by atoms with E-state index in [0.717, 1.165) is 40.3 Å². The third kappa shape index (κ3) is 3.67. The molecule has 34 heavy (non-hydrogen) atoms. The molecule has 0 fully saturated rings. The van der Waals surface area contributed by atoms with Gasteiger partial charge < -0.3 is 4.90 Å². The Morgan fingerprint density at radius 2 is 1.85 bits per heavy atom. The van der Waals surface area contributed by atoms with Crippen molar-refractivity contribution in [2.45, 2.75) is 26.2 Å². The molecule has 11 nitrogen and oxygen atoms in total. The van der Waals surface area contributed by atoms with Crippen molar-refractivity contribution in [1.82, 2.24) is 4.98 Å². The number of thiazole rings is 1. The highest BCUT2D eigenvalue weighted by Crippen LogP contribution is 2.42. The van der Waals surface area contributed by atoms with Crippen molar-refractivity contribution in [2.75, 3.05) is 17.3 Å². The van der Waals surface area contributed by atoms with Crippen LogP contribution in [-0.4, -0.2) is 33.7 Å². The van der Waals surface area contributed by atoms with Crippen LogP contribution in [0.15, 0.2) is 35.7 Å². The molecule has 2 amide bonds. The fourth-order valence-corrected chi connectivity index (χ4v) is 4.69. The van der Waals surface area contributed by atoms with Gasteiger partial charge in [-0.2, -0.15) is 0 Å². The number of hydrogen-bond donors (Lipinski definition) is 1. The number of fused-ring (bicyclic) bond motifs is 1. The fraction of sp³-hybridized carbons (Fsp3) is 0.227. The first-order valence-electron chi connectivity index (χ1n) is 10.0. The van der Waals surface area contributed by atoms with E-state index in [0.29, 0.717) is 5.69 Å². The normalized spacial score (nSPS) is 14.1. The van der Waals surface area contributed by atoms with Crippen LogP contribution in [0.3, 0.4) is 0 Å². The van der Waals surface area contributed by atoms with Crippen LogP contribution in [0.1, 0.15) is 35.3 Å².